The van der Waals surface area contributed by atoms with Gasteiger partial charge in [0, 0.05) is 14.0 Å². The van der Waals surface area contributed by atoms with Crippen molar-refractivity contribution in [3.8, 4) is 0 Å². The Hall–Kier alpha value is -2.73. The Balaban J connectivity index is 1.79. The standard InChI is InChI=1S/C20H21N3O2S/c1-13-8-10-15(11-9-13)17(21-14(2)24)12-19(25)23(3)20-22-16-6-4-5-7-18(16)26-20/h4-11,17H,12H2,1-3H3,(H,21,24)/t17-/m0/s1. The molecule has 0 fully saturated rings. The maximum absolute atomic E-state index is 12.8. The molecule has 0 spiro atoms. The monoisotopic (exact) mass is 367 g/mol. The fraction of sp³-hybridized carbons (Fsp3) is 0.250. The Morgan fingerprint density at radius 1 is 1.15 bits per heavy atom. The number of anilines is 1. The van der Waals surface area contributed by atoms with E-state index in [9.17, 15) is 9.59 Å². The zero-order chi connectivity index (χ0) is 18.7. The largest absolute Gasteiger partial charge is 0.349 e. The van der Waals surface area contributed by atoms with E-state index in [-0.39, 0.29) is 24.3 Å². The van der Waals surface area contributed by atoms with E-state index in [0.29, 0.717) is 5.13 Å². The van der Waals surface area contributed by atoms with E-state index in [1.807, 2.05) is 55.5 Å². The first-order valence-corrected chi connectivity index (χ1v) is 9.21. The zero-order valence-corrected chi connectivity index (χ0v) is 15.8. The SMILES string of the molecule is CC(=O)N[C@@H](CC(=O)N(C)c1nc2ccccc2s1)c1ccc(C)cc1. The number of hydrogen-bond donors (Lipinski definition) is 1. The lowest BCUT2D eigenvalue weighted by Gasteiger charge is -2.21. The molecule has 2 aromatic carbocycles. The molecule has 2 amide bonds. The van der Waals surface area contributed by atoms with Crippen LogP contribution in [0.25, 0.3) is 10.2 Å². The van der Waals surface area contributed by atoms with Crippen molar-refractivity contribution in [3.63, 3.8) is 0 Å². The van der Waals surface area contributed by atoms with Gasteiger partial charge in [-0.1, -0.05) is 53.3 Å². The van der Waals surface area contributed by atoms with Gasteiger partial charge in [0.2, 0.25) is 11.8 Å². The topological polar surface area (TPSA) is 62.3 Å². The number of benzene rings is 2. The first-order chi connectivity index (χ1) is 12.4. The third-order valence-electron chi connectivity index (χ3n) is 4.18. The van der Waals surface area contributed by atoms with Gasteiger partial charge in [-0.3, -0.25) is 14.5 Å². The summed E-state index contributed by atoms with van der Waals surface area (Å²) in [5.41, 5.74) is 2.93. The molecule has 0 radical (unpaired) electrons. The third kappa shape index (κ3) is 4.08. The van der Waals surface area contributed by atoms with Crippen molar-refractivity contribution in [1.82, 2.24) is 10.3 Å². The van der Waals surface area contributed by atoms with Gasteiger partial charge in [0.1, 0.15) is 0 Å². The molecular formula is C20H21N3O2S. The van der Waals surface area contributed by atoms with Crippen LogP contribution >= 0.6 is 11.3 Å². The van der Waals surface area contributed by atoms with Crippen molar-refractivity contribution in [2.75, 3.05) is 11.9 Å². The van der Waals surface area contributed by atoms with Crippen molar-refractivity contribution < 1.29 is 9.59 Å². The van der Waals surface area contributed by atoms with Gasteiger partial charge >= 0.3 is 0 Å². The molecule has 0 unspecified atom stereocenters. The van der Waals surface area contributed by atoms with Crippen LogP contribution in [-0.2, 0) is 9.59 Å². The Labute approximate surface area is 156 Å². The first kappa shape index (κ1) is 18.1. The minimum atomic E-state index is -0.363. The molecule has 26 heavy (non-hydrogen) atoms. The van der Waals surface area contributed by atoms with E-state index in [0.717, 1.165) is 21.3 Å². The predicted octanol–water partition coefficient (Wildman–Crippen LogP) is 3.84. The van der Waals surface area contributed by atoms with Crippen LogP contribution in [0, 0.1) is 6.92 Å². The number of hydrogen-bond acceptors (Lipinski definition) is 4. The summed E-state index contributed by atoms with van der Waals surface area (Å²) in [5, 5.41) is 3.53. The second-order valence-corrected chi connectivity index (χ2v) is 7.29. The summed E-state index contributed by atoms with van der Waals surface area (Å²) < 4.78 is 1.04. The van der Waals surface area contributed by atoms with E-state index in [1.54, 1.807) is 11.9 Å². The number of thiazole rings is 1. The molecule has 0 saturated heterocycles. The Bertz CT molecular complexity index is 901. The van der Waals surface area contributed by atoms with E-state index in [1.165, 1.54) is 18.3 Å². The molecule has 6 heteroatoms. The third-order valence-corrected chi connectivity index (χ3v) is 5.29. The number of nitrogens with one attached hydrogen (secondary N) is 1. The average molecular weight is 367 g/mol. The summed E-state index contributed by atoms with van der Waals surface area (Å²) in [5.74, 6) is -0.255. The smallest absolute Gasteiger partial charge is 0.230 e. The molecule has 3 rings (SSSR count). The van der Waals surface area contributed by atoms with Crippen molar-refractivity contribution >= 4 is 38.5 Å². The highest BCUT2D eigenvalue weighted by Crippen LogP contribution is 2.29. The van der Waals surface area contributed by atoms with Crippen molar-refractivity contribution in [3.05, 3.63) is 59.7 Å². The van der Waals surface area contributed by atoms with Gasteiger partial charge in [-0.05, 0) is 24.6 Å². The summed E-state index contributed by atoms with van der Waals surface area (Å²) in [6.07, 6.45) is 0.176. The lowest BCUT2D eigenvalue weighted by atomic mass is 10.0. The molecule has 1 atom stereocenters. The molecule has 0 saturated carbocycles. The highest BCUT2D eigenvalue weighted by Gasteiger charge is 2.22. The quantitative estimate of drug-likeness (QED) is 0.745. The molecule has 1 heterocycles. The summed E-state index contributed by atoms with van der Waals surface area (Å²) in [7, 11) is 1.72. The van der Waals surface area contributed by atoms with Crippen molar-refractivity contribution in [2.45, 2.75) is 26.3 Å². The van der Waals surface area contributed by atoms with Crippen molar-refractivity contribution in [1.29, 1.82) is 0 Å². The molecule has 0 aliphatic heterocycles. The second-order valence-electron chi connectivity index (χ2n) is 6.28. The number of rotatable bonds is 5. The highest BCUT2D eigenvalue weighted by atomic mass is 32.1. The lowest BCUT2D eigenvalue weighted by molar-refractivity contribution is -0.121. The molecule has 0 bridgehead atoms. The highest BCUT2D eigenvalue weighted by molar-refractivity contribution is 7.22. The minimum absolute atomic E-state index is 0.0941. The first-order valence-electron chi connectivity index (χ1n) is 8.40. The van der Waals surface area contributed by atoms with Gasteiger partial charge in [0.15, 0.2) is 5.13 Å². The van der Waals surface area contributed by atoms with Gasteiger partial charge in [0.25, 0.3) is 0 Å². The van der Waals surface area contributed by atoms with Gasteiger partial charge in [-0.15, -0.1) is 0 Å². The summed E-state index contributed by atoms with van der Waals surface area (Å²) in [6, 6.07) is 15.3. The number of aromatic nitrogens is 1. The van der Waals surface area contributed by atoms with E-state index >= 15 is 0 Å². The number of carbonyl (C=O) groups excluding carboxylic acids is 2. The normalized spacial score (nSPS) is 12.0. The van der Waals surface area contributed by atoms with E-state index in [4.69, 9.17) is 0 Å². The molecular weight excluding hydrogens is 346 g/mol. The van der Waals surface area contributed by atoms with Gasteiger partial charge in [0.05, 0.1) is 22.7 Å². The maximum Gasteiger partial charge on any atom is 0.230 e. The van der Waals surface area contributed by atoms with Gasteiger partial charge in [-0.25, -0.2) is 4.98 Å². The molecule has 3 aromatic rings. The molecule has 0 aliphatic rings. The average Bonchev–Trinajstić information content (AvgIpc) is 3.04. The summed E-state index contributed by atoms with van der Waals surface area (Å²) in [4.78, 5) is 30.5. The van der Waals surface area contributed by atoms with Crippen LogP contribution in [0.3, 0.4) is 0 Å². The molecule has 5 nitrogen and oxygen atoms in total. The van der Waals surface area contributed by atoms with Gasteiger partial charge < -0.3 is 5.32 Å². The molecule has 134 valence electrons. The van der Waals surface area contributed by atoms with Crippen LogP contribution in [0.5, 0.6) is 0 Å². The number of aryl methyl sites for hydroxylation is 1. The van der Waals surface area contributed by atoms with E-state index < -0.39 is 0 Å². The number of nitrogens with zero attached hydrogens (tertiary/aromatic N) is 2. The zero-order valence-electron chi connectivity index (χ0n) is 15.0. The van der Waals surface area contributed by atoms with Crippen LogP contribution in [0.1, 0.15) is 30.5 Å². The summed E-state index contributed by atoms with van der Waals surface area (Å²) in [6.45, 7) is 3.46. The van der Waals surface area contributed by atoms with Crippen LogP contribution in [0.15, 0.2) is 48.5 Å². The fourth-order valence-electron chi connectivity index (χ4n) is 2.72. The van der Waals surface area contributed by atoms with Crippen LogP contribution in [0.2, 0.25) is 0 Å². The van der Waals surface area contributed by atoms with E-state index in [2.05, 4.69) is 10.3 Å². The summed E-state index contributed by atoms with van der Waals surface area (Å²) >= 11 is 1.48. The van der Waals surface area contributed by atoms with Gasteiger partial charge in [-0.2, -0.15) is 0 Å². The van der Waals surface area contributed by atoms with Crippen molar-refractivity contribution in [2.24, 2.45) is 0 Å². The number of amides is 2. The molecule has 0 aliphatic carbocycles. The minimum Gasteiger partial charge on any atom is -0.349 e. The number of fused-ring (bicyclic) bond motifs is 1. The van der Waals surface area contributed by atoms with Crippen LogP contribution in [0.4, 0.5) is 5.13 Å². The predicted molar refractivity (Wildman–Crippen MR) is 105 cm³/mol. The fourth-order valence-corrected chi connectivity index (χ4v) is 3.66. The Morgan fingerprint density at radius 3 is 2.50 bits per heavy atom. The Kier molecular flexibility index (Phi) is 5.32. The number of carbonyl (C=O) groups is 2. The maximum atomic E-state index is 12.8. The number of para-hydroxylation sites is 1. The molecule has 1 N–H and O–H groups in total. The van der Waals surface area contributed by atoms with Crippen LogP contribution < -0.4 is 10.2 Å². The second kappa shape index (κ2) is 7.66. The Morgan fingerprint density at radius 2 is 1.85 bits per heavy atom. The lowest BCUT2D eigenvalue weighted by Crippen LogP contribution is -2.33. The molecule has 1 aromatic heterocycles. The van der Waals surface area contributed by atoms with Crippen LogP contribution in [-0.4, -0.2) is 23.8 Å².